The van der Waals surface area contributed by atoms with Gasteiger partial charge in [-0.3, -0.25) is 4.98 Å². The van der Waals surface area contributed by atoms with Gasteiger partial charge >= 0.3 is 0 Å². The van der Waals surface area contributed by atoms with Gasteiger partial charge in [-0.15, -0.1) is 0 Å². The van der Waals surface area contributed by atoms with Crippen molar-refractivity contribution in [1.29, 1.82) is 5.26 Å². The number of hydrogen-bond acceptors (Lipinski definition) is 2. The zero-order valence-corrected chi connectivity index (χ0v) is 7.70. The van der Waals surface area contributed by atoms with Gasteiger partial charge in [0.15, 0.2) is 0 Å². The minimum absolute atomic E-state index is 0.290. The van der Waals surface area contributed by atoms with E-state index in [1.54, 1.807) is 6.20 Å². The third kappa shape index (κ3) is 1.04. The molecule has 1 aromatic heterocycles. The van der Waals surface area contributed by atoms with Crippen LogP contribution in [0.5, 0.6) is 0 Å². The lowest BCUT2D eigenvalue weighted by Crippen LogP contribution is -2.42. The topological polar surface area (TPSA) is 36.7 Å². The summed E-state index contributed by atoms with van der Waals surface area (Å²) in [7, 11) is 0. The minimum Gasteiger partial charge on any atom is -0.260 e. The van der Waals surface area contributed by atoms with Gasteiger partial charge in [0.2, 0.25) is 0 Å². The van der Waals surface area contributed by atoms with Crippen LogP contribution in [0, 0.1) is 17.2 Å². The fourth-order valence-electron chi connectivity index (χ4n) is 1.95. The fourth-order valence-corrected chi connectivity index (χ4v) is 1.95. The van der Waals surface area contributed by atoms with Gasteiger partial charge in [0.25, 0.3) is 0 Å². The Morgan fingerprint density at radius 2 is 2.46 bits per heavy atom. The van der Waals surface area contributed by atoms with Crippen LogP contribution in [0.25, 0.3) is 0 Å². The van der Waals surface area contributed by atoms with Gasteiger partial charge in [-0.05, 0) is 30.9 Å². The lowest BCUT2D eigenvalue weighted by molar-refractivity contribution is 0.196. The molecule has 0 radical (unpaired) electrons. The molecule has 13 heavy (non-hydrogen) atoms. The Bertz CT molecular complexity index is 339. The van der Waals surface area contributed by atoms with E-state index in [4.69, 9.17) is 0 Å². The molecule has 1 aromatic rings. The van der Waals surface area contributed by atoms with E-state index in [1.165, 1.54) is 0 Å². The number of nitrogens with zero attached hydrogens (tertiary/aromatic N) is 2. The highest BCUT2D eigenvalue weighted by Crippen LogP contribution is 2.47. The molecule has 2 atom stereocenters. The molecule has 1 heterocycles. The van der Waals surface area contributed by atoms with Crippen molar-refractivity contribution in [3.63, 3.8) is 0 Å². The maximum atomic E-state index is 9.17. The van der Waals surface area contributed by atoms with Gasteiger partial charge in [-0.25, -0.2) is 0 Å². The maximum absolute atomic E-state index is 9.17. The Balaban J connectivity index is 2.40. The van der Waals surface area contributed by atoms with Crippen molar-refractivity contribution in [3.8, 4) is 6.07 Å². The minimum atomic E-state index is -0.290. The van der Waals surface area contributed by atoms with Crippen LogP contribution in [0.4, 0.5) is 0 Å². The van der Waals surface area contributed by atoms with Crippen LogP contribution in [0.1, 0.15) is 25.5 Å². The zero-order chi connectivity index (χ0) is 9.31. The summed E-state index contributed by atoms with van der Waals surface area (Å²) in [6.07, 6.45) is 3.87. The van der Waals surface area contributed by atoms with E-state index in [-0.39, 0.29) is 5.41 Å². The van der Waals surface area contributed by atoms with Crippen LogP contribution in [-0.2, 0) is 5.41 Å². The second-order valence-electron chi connectivity index (χ2n) is 3.74. The number of aromatic nitrogens is 1. The van der Waals surface area contributed by atoms with Crippen LogP contribution >= 0.6 is 0 Å². The molecule has 0 spiro atoms. The highest BCUT2D eigenvalue weighted by molar-refractivity contribution is 5.31. The highest BCUT2D eigenvalue weighted by atomic mass is 14.7. The molecule has 2 heteroatoms. The molecular formula is C11H12N2. The van der Waals surface area contributed by atoms with E-state index >= 15 is 0 Å². The van der Waals surface area contributed by atoms with E-state index in [0.29, 0.717) is 5.92 Å². The molecule has 0 bridgehead atoms. The largest absolute Gasteiger partial charge is 0.260 e. The molecule has 1 aliphatic rings. The predicted molar refractivity (Wildman–Crippen MR) is 49.9 cm³/mol. The number of rotatable bonds is 1. The molecule has 1 fully saturated rings. The lowest BCUT2D eigenvalue weighted by atomic mass is 9.60. The first kappa shape index (κ1) is 8.25. The van der Waals surface area contributed by atoms with Gasteiger partial charge in [-0.2, -0.15) is 5.26 Å². The van der Waals surface area contributed by atoms with E-state index in [2.05, 4.69) is 18.0 Å². The summed E-state index contributed by atoms with van der Waals surface area (Å²) in [6, 6.07) is 8.21. The third-order valence-corrected chi connectivity index (χ3v) is 3.13. The Morgan fingerprint density at radius 3 is 2.85 bits per heavy atom. The van der Waals surface area contributed by atoms with E-state index in [0.717, 1.165) is 18.5 Å². The maximum Gasteiger partial charge on any atom is 0.102 e. The Morgan fingerprint density at radius 1 is 1.62 bits per heavy atom. The fraction of sp³-hybridized carbons (Fsp3) is 0.455. The zero-order valence-electron chi connectivity index (χ0n) is 7.70. The van der Waals surface area contributed by atoms with Gasteiger partial charge in [0.05, 0.1) is 11.8 Å². The first-order chi connectivity index (χ1) is 6.29. The first-order valence-electron chi connectivity index (χ1n) is 4.62. The molecule has 0 N–H and O–H groups in total. The van der Waals surface area contributed by atoms with Gasteiger partial charge < -0.3 is 0 Å². The molecule has 2 nitrogen and oxygen atoms in total. The standard InChI is InChI=1S/C11H12N2/c1-9-5-6-11(9,8-12)10-4-2-3-7-13-10/h2-4,7,9H,5-6H2,1H3. The first-order valence-corrected chi connectivity index (χ1v) is 4.62. The van der Waals surface area contributed by atoms with Crippen LogP contribution in [-0.4, -0.2) is 4.98 Å². The van der Waals surface area contributed by atoms with Crippen LogP contribution in [0.15, 0.2) is 24.4 Å². The van der Waals surface area contributed by atoms with E-state index in [1.807, 2.05) is 18.2 Å². The molecular weight excluding hydrogens is 160 g/mol. The predicted octanol–water partition coefficient (Wildman–Crippen LogP) is 2.27. The summed E-state index contributed by atoms with van der Waals surface area (Å²) in [5.41, 5.74) is 0.651. The van der Waals surface area contributed by atoms with Crippen molar-refractivity contribution in [1.82, 2.24) is 4.98 Å². The summed E-state index contributed by atoms with van der Waals surface area (Å²) in [5, 5.41) is 9.17. The van der Waals surface area contributed by atoms with Crippen molar-refractivity contribution in [2.24, 2.45) is 5.92 Å². The molecule has 66 valence electrons. The molecule has 1 aliphatic carbocycles. The van der Waals surface area contributed by atoms with Crippen molar-refractivity contribution in [2.45, 2.75) is 25.2 Å². The Hall–Kier alpha value is -1.36. The van der Waals surface area contributed by atoms with E-state index in [9.17, 15) is 5.26 Å². The monoisotopic (exact) mass is 172 g/mol. The average molecular weight is 172 g/mol. The third-order valence-electron chi connectivity index (χ3n) is 3.13. The quantitative estimate of drug-likeness (QED) is 0.651. The van der Waals surface area contributed by atoms with Crippen molar-refractivity contribution >= 4 is 0 Å². The summed E-state index contributed by atoms with van der Waals surface area (Å²) in [5.74, 6) is 0.451. The smallest absolute Gasteiger partial charge is 0.102 e. The molecule has 0 amide bonds. The van der Waals surface area contributed by atoms with Gasteiger partial charge in [0.1, 0.15) is 5.41 Å². The summed E-state index contributed by atoms with van der Waals surface area (Å²) >= 11 is 0. The van der Waals surface area contributed by atoms with E-state index < -0.39 is 0 Å². The highest BCUT2D eigenvalue weighted by Gasteiger charge is 2.46. The normalized spacial score (nSPS) is 31.8. The molecule has 0 aromatic carbocycles. The summed E-state index contributed by atoms with van der Waals surface area (Å²) < 4.78 is 0. The molecule has 1 saturated carbocycles. The number of nitriles is 1. The Labute approximate surface area is 78.2 Å². The van der Waals surface area contributed by atoms with Crippen molar-refractivity contribution in [2.75, 3.05) is 0 Å². The summed E-state index contributed by atoms with van der Waals surface area (Å²) in [4.78, 5) is 4.27. The average Bonchev–Trinajstić information content (AvgIpc) is 2.19. The van der Waals surface area contributed by atoms with Gasteiger partial charge in [-0.1, -0.05) is 13.0 Å². The second kappa shape index (κ2) is 2.85. The summed E-state index contributed by atoms with van der Waals surface area (Å²) in [6.45, 7) is 2.13. The van der Waals surface area contributed by atoms with Crippen LogP contribution in [0.3, 0.4) is 0 Å². The van der Waals surface area contributed by atoms with Crippen LogP contribution in [0.2, 0.25) is 0 Å². The van der Waals surface area contributed by atoms with Crippen LogP contribution < -0.4 is 0 Å². The SMILES string of the molecule is CC1CCC1(C#N)c1ccccn1. The number of hydrogen-bond donors (Lipinski definition) is 0. The molecule has 2 rings (SSSR count). The second-order valence-corrected chi connectivity index (χ2v) is 3.74. The lowest BCUT2D eigenvalue weighted by Gasteiger charge is -2.41. The van der Waals surface area contributed by atoms with Crippen molar-refractivity contribution < 1.29 is 0 Å². The molecule has 2 unspecified atom stereocenters. The van der Waals surface area contributed by atoms with Gasteiger partial charge in [0, 0.05) is 6.20 Å². The Kier molecular flexibility index (Phi) is 1.81. The molecule has 0 aliphatic heterocycles. The molecule has 0 saturated heterocycles. The number of pyridine rings is 1. The van der Waals surface area contributed by atoms with Crippen molar-refractivity contribution in [3.05, 3.63) is 30.1 Å².